The second-order valence-electron chi connectivity index (χ2n) is 31.8. The predicted molar refractivity (Wildman–Crippen MR) is 478 cm³/mol. The molecule has 0 saturated heterocycles. The second kappa shape index (κ2) is 41.0. The van der Waals surface area contributed by atoms with Crippen LogP contribution in [0.2, 0.25) is 0 Å². The normalized spacial score (nSPS) is 12.5. The number of ketones is 1. The standard InChI is InChI=1S/C53H34F8O11S2.C51H31F14NO4/c1-27-44(54)46(56)42(47(57)45(27)55)43-48(58)50(60)53(51(61)49(43)59)72-38-20-10-31(11-21-38)30-6-16-36(17-7-30)70-39-22-12-32(24-34(39)26-73(63,64)65)52(62)33-13-23-40(41(25-33)74(66,67)69-3)71-37-18-8-29(9-19-37)28-4-14-35(68-2)15-5-28;1-25-39(52)41(54)37(42(55)40(25)53)38-43(56)45(58)47(46(59)44(38)57)70-33-22-14-29(15-23-33)49(3,51(63,64)65)28-12-20-32(21-13-28)69-36-7-5-6-35(34(36)24-66)68-31-18-10-27(11-19-31)48(2,50(60,61)62)26-8-16-30(67-4)17-9-26/h4-25H,26H2,1-3H3,(H,63,64,65);5-23H,1-4H3. The largest absolute Gasteiger partial charge is 0.497 e. The lowest BCUT2D eigenvalue weighted by Gasteiger charge is -2.33. The molecule has 0 aliphatic heterocycles. The Balaban J connectivity index is 0.000000229. The van der Waals surface area contributed by atoms with Gasteiger partial charge in [0.05, 0.1) is 43.6 Å². The number of carbonyl (C=O) groups excluding carboxylic acids is 1. The molecule has 742 valence electrons. The van der Waals surface area contributed by atoms with Crippen molar-refractivity contribution in [3.63, 3.8) is 0 Å². The molecule has 16 nitrogen and oxygen atoms in total. The van der Waals surface area contributed by atoms with Gasteiger partial charge >= 0.3 is 12.4 Å². The van der Waals surface area contributed by atoms with Gasteiger partial charge in [-0.05, 0) is 218 Å². The lowest BCUT2D eigenvalue weighted by atomic mass is 9.75. The van der Waals surface area contributed by atoms with Crippen molar-refractivity contribution in [1.82, 2.24) is 0 Å². The first-order chi connectivity index (χ1) is 68.0. The maximum Gasteiger partial charge on any atom is 0.402 e. The van der Waals surface area contributed by atoms with Gasteiger partial charge in [0.25, 0.3) is 20.2 Å². The Labute approximate surface area is 803 Å². The molecule has 0 aliphatic rings. The minimum atomic E-state index is -5.05. The number of halogens is 22. The molecule has 40 heteroatoms. The summed E-state index contributed by atoms with van der Waals surface area (Å²) in [6.45, 7) is 3.04. The topological polar surface area (TPSA) is 212 Å². The van der Waals surface area contributed by atoms with Crippen molar-refractivity contribution in [2.24, 2.45) is 0 Å². The summed E-state index contributed by atoms with van der Waals surface area (Å²) in [5, 5.41) is 10.1. The van der Waals surface area contributed by atoms with Crippen LogP contribution in [-0.2, 0) is 41.0 Å². The minimum Gasteiger partial charge on any atom is -0.497 e. The van der Waals surface area contributed by atoms with E-state index in [0.717, 1.165) is 105 Å². The molecular formula is C104H65F22NO15S2. The fourth-order valence-electron chi connectivity index (χ4n) is 15.0. The average Bonchev–Trinajstić information content (AvgIpc) is 0.747. The third-order valence-electron chi connectivity index (χ3n) is 23.1. The molecule has 15 rings (SSSR count). The molecule has 0 radical (unpaired) electrons. The fraction of sp³-hybridized carbons (Fsp3) is 0.115. The van der Waals surface area contributed by atoms with Crippen LogP contribution in [0.1, 0.15) is 74.3 Å². The number of methoxy groups -OCH3 is 2. The quantitative estimate of drug-likeness (QED) is 0.0159. The Morgan fingerprint density at radius 2 is 0.583 bits per heavy atom. The molecule has 0 saturated carbocycles. The van der Waals surface area contributed by atoms with E-state index in [1.54, 1.807) is 43.5 Å². The van der Waals surface area contributed by atoms with Crippen LogP contribution in [0.4, 0.5) is 96.6 Å². The first-order valence-corrected chi connectivity index (χ1v) is 44.6. The van der Waals surface area contributed by atoms with Crippen molar-refractivity contribution in [1.29, 1.82) is 5.26 Å². The van der Waals surface area contributed by atoms with Crippen molar-refractivity contribution < 1.29 is 165 Å². The van der Waals surface area contributed by atoms with Crippen molar-refractivity contribution in [3.8, 4) is 131 Å². The van der Waals surface area contributed by atoms with Gasteiger partial charge in [0.1, 0.15) is 102 Å². The number of carbonyl (C=O) groups is 1. The van der Waals surface area contributed by atoms with E-state index in [-0.39, 0.29) is 90.7 Å². The van der Waals surface area contributed by atoms with Gasteiger partial charge in [-0.1, -0.05) is 103 Å². The average molecular weight is 2050 g/mol. The van der Waals surface area contributed by atoms with Gasteiger partial charge in [0, 0.05) is 27.8 Å². The first-order valence-electron chi connectivity index (χ1n) is 41.6. The fourth-order valence-corrected chi connectivity index (χ4v) is 16.4. The highest BCUT2D eigenvalue weighted by molar-refractivity contribution is 7.87. The van der Waals surface area contributed by atoms with E-state index >= 15 is 35.1 Å². The third kappa shape index (κ3) is 20.5. The van der Waals surface area contributed by atoms with Crippen molar-refractivity contribution in [2.75, 3.05) is 21.3 Å². The molecule has 144 heavy (non-hydrogen) atoms. The Kier molecular flexibility index (Phi) is 29.6. The smallest absolute Gasteiger partial charge is 0.402 e. The number of benzene rings is 15. The Hall–Kier alpha value is -15.9. The summed E-state index contributed by atoms with van der Waals surface area (Å²) in [6.07, 6.45) is -9.77. The summed E-state index contributed by atoms with van der Waals surface area (Å²) >= 11 is 0. The number of hydrogen-bond acceptors (Lipinski definition) is 15. The molecule has 2 unspecified atom stereocenters. The maximum atomic E-state index is 15.2. The molecule has 15 aromatic carbocycles. The number of hydrogen-bond donors (Lipinski definition) is 1. The molecule has 0 aromatic heterocycles. The third-order valence-corrected chi connectivity index (χ3v) is 25.1. The van der Waals surface area contributed by atoms with Gasteiger partial charge in [-0.25, -0.2) is 52.7 Å². The molecule has 0 spiro atoms. The highest BCUT2D eigenvalue weighted by Gasteiger charge is 2.55. The summed E-state index contributed by atoms with van der Waals surface area (Å²) in [6, 6.07) is 56.4. The van der Waals surface area contributed by atoms with Crippen LogP contribution < -0.4 is 37.9 Å². The van der Waals surface area contributed by atoms with Gasteiger partial charge in [-0.15, -0.1) is 0 Å². The Bertz CT molecular complexity index is 7680. The van der Waals surface area contributed by atoms with Crippen LogP contribution >= 0.6 is 0 Å². The van der Waals surface area contributed by atoms with E-state index in [0.29, 0.717) is 36.5 Å². The molecule has 0 aliphatic carbocycles. The summed E-state index contributed by atoms with van der Waals surface area (Å²) in [4.78, 5) is 13.4. The number of alkyl halides is 6. The number of ether oxygens (including phenoxy) is 8. The maximum absolute atomic E-state index is 15.2. The Morgan fingerprint density at radius 1 is 0.326 bits per heavy atom. The van der Waals surface area contributed by atoms with Crippen LogP contribution in [0.3, 0.4) is 0 Å². The highest BCUT2D eigenvalue weighted by atomic mass is 32.2. The molecule has 15 aromatic rings. The van der Waals surface area contributed by atoms with E-state index in [1.165, 1.54) is 135 Å². The van der Waals surface area contributed by atoms with Gasteiger partial charge in [-0.2, -0.15) is 66.0 Å². The molecular weight excluding hydrogens is 1990 g/mol. The molecule has 1 N–H and O–H groups in total. The molecule has 0 fully saturated rings. The summed E-state index contributed by atoms with van der Waals surface area (Å²) in [5.74, 6) is -42.1. The first kappa shape index (κ1) is 104. The summed E-state index contributed by atoms with van der Waals surface area (Å²) in [5.41, 5.74) is -15.0. The number of nitriles is 1. The molecule has 0 amide bonds. The van der Waals surface area contributed by atoms with Gasteiger partial charge in [0.15, 0.2) is 75.6 Å². The molecule has 0 bridgehead atoms. The molecule has 2 atom stereocenters. The van der Waals surface area contributed by atoms with Crippen LogP contribution in [0.15, 0.2) is 254 Å². The zero-order valence-electron chi connectivity index (χ0n) is 74.6. The lowest BCUT2D eigenvalue weighted by Crippen LogP contribution is -2.40. The second-order valence-corrected chi connectivity index (χ2v) is 34.9. The number of rotatable bonds is 28. The number of nitrogens with zero attached hydrogens (tertiary/aromatic N) is 1. The van der Waals surface area contributed by atoms with E-state index in [1.807, 2.05) is 18.2 Å². The van der Waals surface area contributed by atoms with E-state index in [9.17, 15) is 92.9 Å². The van der Waals surface area contributed by atoms with E-state index < -0.39 is 209 Å². The van der Waals surface area contributed by atoms with Crippen LogP contribution in [0, 0.1) is 118 Å². The van der Waals surface area contributed by atoms with Crippen LogP contribution in [0.25, 0.3) is 44.5 Å². The van der Waals surface area contributed by atoms with E-state index in [4.69, 9.17) is 42.1 Å². The van der Waals surface area contributed by atoms with Crippen molar-refractivity contribution >= 4 is 26.0 Å². The monoisotopic (exact) mass is 2050 g/mol. The SMILES string of the molecule is COc1ccc(-c2ccc(Oc3ccc(C(=O)c4ccc(Oc5ccc(-c6ccc(Oc7c(F)c(F)c(-c8c(F)c(F)c(C)c(F)c8F)c(F)c7F)cc6)cc5)c(CS(=O)(=O)O)c4)cc3S(=O)(=O)OC)cc2)cc1.COc1ccc(C(C)(c2ccc(Oc3cccc(Oc4ccc(C(C)(c5ccc(Oc6c(F)c(F)c(-c7c(F)c(F)c(C)c(F)c7F)c(F)c6F)cc5)C(F)(F)F)cc4)c3C#N)cc2)C(F)(F)F)cc1. The zero-order chi connectivity index (χ0) is 105. The lowest BCUT2D eigenvalue weighted by molar-refractivity contribution is -0.173. The summed E-state index contributed by atoms with van der Waals surface area (Å²) in [7, 11) is -5.35. The zero-order valence-corrected chi connectivity index (χ0v) is 76.3. The Morgan fingerprint density at radius 3 is 0.868 bits per heavy atom. The minimum absolute atomic E-state index is 0.0509. The van der Waals surface area contributed by atoms with Crippen molar-refractivity contribution in [3.05, 3.63) is 397 Å². The van der Waals surface area contributed by atoms with Crippen LogP contribution in [-0.4, -0.2) is 60.9 Å². The van der Waals surface area contributed by atoms with Gasteiger partial charge in [0.2, 0.25) is 34.8 Å². The van der Waals surface area contributed by atoms with Gasteiger partial charge in [-0.3, -0.25) is 13.5 Å². The van der Waals surface area contributed by atoms with E-state index in [2.05, 4.69) is 0 Å². The highest BCUT2D eigenvalue weighted by Crippen LogP contribution is 2.52. The van der Waals surface area contributed by atoms with Crippen LogP contribution in [0.5, 0.6) is 80.5 Å². The molecule has 0 heterocycles. The van der Waals surface area contributed by atoms with Gasteiger partial charge < -0.3 is 37.9 Å². The summed E-state index contributed by atoms with van der Waals surface area (Å²) < 4.78 is 434. The predicted octanol–water partition coefficient (Wildman–Crippen LogP) is 29.2. The van der Waals surface area contributed by atoms with Crippen molar-refractivity contribution in [2.45, 2.75) is 61.5 Å².